The van der Waals surface area contributed by atoms with Crippen molar-refractivity contribution in [1.82, 2.24) is 4.90 Å². The van der Waals surface area contributed by atoms with Crippen molar-refractivity contribution < 1.29 is 4.79 Å². The first-order valence-electron chi connectivity index (χ1n) is 6.86. The van der Waals surface area contributed by atoms with E-state index in [0.717, 1.165) is 24.8 Å². The van der Waals surface area contributed by atoms with Crippen LogP contribution in [0.1, 0.15) is 42.1 Å². The molecule has 2 rings (SSSR count). The van der Waals surface area contributed by atoms with Crippen molar-refractivity contribution in [2.24, 2.45) is 5.73 Å². The highest BCUT2D eigenvalue weighted by Crippen LogP contribution is 2.26. The molecular weight excluding hydrogens is 224 g/mol. The second kappa shape index (κ2) is 6.01. The SMILES string of the molecule is CCc1ccc(C(=O)N(CCN)C2CCC2)cc1. The third-order valence-corrected chi connectivity index (χ3v) is 3.76. The number of hydrogen-bond donors (Lipinski definition) is 1. The molecule has 1 aromatic rings. The Hall–Kier alpha value is -1.35. The molecule has 1 aliphatic carbocycles. The lowest BCUT2D eigenvalue weighted by Crippen LogP contribution is -2.46. The van der Waals surface area contributed by atoms with Gasteiger partial charge in [-0.25, -0.2) is 0 Å². The maximum Gasteiger partial charge on any atom is 0.254 e. The first-order chi connectivity index (χ1) is 8.76. The standard InChI is InChI=1S/C15H22N2O/c1-2-12-6-8-13(9-7-12)15(18)17(11-10-16)14-4-3-5-14/h6-9,14H,2-5,10-11,16H2,1H3. The molecule has 1 saturated carbocycles. The van der Waals surface area contributed by atoms with Gasteiger partial charge < -0.3 is 10.6 Å². The Morgan fingerprint density at radius 1 is 1.33 bits per heavy atom. The number of carbonyl (C=O) groups excluding carboxylic acids is 1. The van der Waals surface area contributed by atoms with E-state index in [4.69, 9.17) is 5.73 Å². The number of benzene rings is 1. The molecule has 0 spiro atoms. The number of amides is 1. The van der Waals surface area contributed by atoms with Gasteiger partial charge in [0.2, 0.25) is 0 Å². The van der Waals surface area contributed by atoms with Crippen molar-refractivity contribution in [2.45, 2.75) is 38.6 Å². The molecule has 98 valence electrons. The van der Waals surface area contributed by atoms with E-state index in [9.17, 15) is 4.79 Å². The highest BCUT2D eigenvalue weighted by atomic mass is 16.2. The Morgan fingerprint density at radius 3 is 2.44 bits per heavy atom. The van der Waals surface area contributed by atoms with Crippen LogP contribution in [-0.4, -0.2) is 29.9 Å². The van der Waals surface area contributed by atoms with Crippen LogP contribution in [-0.2, 0) is 6.42 Å². The second-order valence-corrected chi connectivity index (χ2v) is 4.92. The lowest BCUT2D eigenvalue weighted by Gasteiger charge is -2.37. The average Bonchev–Trinajstić information content (AvgIpc) is 2.35. The number of carbonyl (C=O) groups is 1. The maximum absolute atomic E-state index is 12.4. The van der Waals surface area contributed by atoms with Crippen LogP contribution >= 0.6 is 0 Å². The van der Waals surface area contributed by atoms with Crippen molar-refractivity contribution in [1.29, 1.82) is 0 Å². The molecule has 1 amide bonds. The summed E-state index contributed by atoms with van der Waals surface area (Å²) in [5, 5.41) is 0. The monoisotopic (exact) mass is 246 g/mol. The molecule has 0 radical (unpaired) electrons. The lowest BCUT2D eigenvalue weighted by atomic mass is 9.91. The van der Waals surface area contributed by atoms with Gasteiger partial charge >= 0.3 is 0 Å². The normalized spacial score (nSPS) is 15.2. The quantitative estimate of drug-likeness (QED) is 0.865. The van der Waals surface area contributed by atoms with Crippen LogP contribution in [0.3, 0.4) is 0 Å². The molecule has 0 bridgehead atoms. The fourth-order valence-corrected chi connectivity index (χ4v) is 2.34. The van der Waals surface area contributed by atoms with E-state index < -0.39 is 0 Å². The van der Waals surface area contributed by atoms with Gasteiger partial charge in [0.15, 0.2) is 0 Å². The fraction of sp³-hybridized carbons (Fsp3) is 0.533. The Bertz CT molecular complexity index is 395. The van der Waals surface area contributed by atoms with E-state index in [1.54, 1.807) is 0 Å². The summed E-state index contributed by atoms with van der Waals surface area (Å²) >= 11 is 0. The Balaban J connectivity index is 2.10. The fourth-order valence-electron chi connectivity index (χ4n) is 2.34. The van der Waals surface area contributed by atoms with Crippen molar-refractivity contribution in [3.63, 3.8) is 0 Å². The number of nitrogens with two attached hydrogens (primary N) is 1. The second-order valence-electron chi connectivity index (χ2n) is 4.92. The van der Waals surface area contributed by atoms with Crippen LogP contribution in [0.4, 0.5) is 0 Å². The van der Waals surface area contributed by atoms with Gasteiger partial charge in [-0.05, 0) is 43.4 Å². The third kappa shape index (κ3) is 2.72. The van der Waals surface area contributed by atoms with Gasteiger partial charge in [-0.3, -0.25) is 4.79 Å². The molecule has 0 aliphatic heterocycles. The van der Waals surface area contributed by atoms with Gasteiger partial charge in [-0.1, -0.05) is 19.1 Å². The summed E-state index contributed by atoms with van der Waals surface area (Å²) in [6.07, 6.45) is 4.48. The molecule has 0 saturated heterocycles. The van der Waals surface area contributed by atoms with Crippen LogP contribution in [0.5, 0.6) is 0 Å². The third-order valence-electron chi connectivity index (χ3n) is 3.76. The minimum atomic E-state index is 0.132. The summed E-state index contributed by atoms with van der Waals surface area (Å²) in [5.41, 5.74) is 7.66. The average molecular weight is 246 g/mol. The van der Waals surface area contributed by atoms with Crippen molar-refractivity contribution in [3.05, 3.63) is 35.4 Å². The highest BCUT2D eigenvalue weighted by Gasteiger charge is 2.28. The van der Waals surface area contributed by atoms with Gasteiger partial charge in [0.1, 0.15) is 0 Å². The summed E-state index contributed by atoms with van der Waals surface area (Å²) in [6.45, 7) is 3.32. The predicted octanol–water partition coefficient (Wildman–Crippen LogP) is 2.20. The largest absolute Gasteiger partial charge is 0.334 e. The summed E-state index contributed by atoms with van der Waals surface area (Å²) in [6, 6.07) is 8.35. The Morgan fingerprint density at radius 2 is 2.00 bits per heavy atom. The van der Waals surface area contributed by atoms with Crippen LogP contribution in [0.2, 0.25) is 0 Å². The summed E-state index contributed by atoms with van der Waals surface area (Å²) in [5.74, 6) is 0.132. The molecule has 0 aromatic heterocycles. The minimum absolute atomic E-state index is 0.132. The zero-order valence-corrected chi connectivity index (χ0v) is 11.1. The minimum Gasteiger partial charge on any atom is -0.334 e. The van der Waals surface area contributed by atoms with Gasteiger partial charge in [0.25, 0.3) is 5.91 Å². The Kier molecular flexibility index (Phi) is 4.37. The first-order valence-corrected chi connectivity index (χ1v) is 6.86. The molecule has 18 heavy (non-hydrogen) atoms. The summed E-state index contributed by atoms with van der Waals surface area (Å²) in [7, 11) is 0. The smallest absolute Gasteiger partial charge is 0.254 e. The summed E-state index contributed by atoms with van der Waals surface area (Å²) in [4.78, 5) is 14.4. The molecule has 0 atom stereocenters. The van der Waals surface area contributed by atoms with Crippen molar-refractivity contribution >= 4 is 5.91 Å². The number of hydrogen-bond acceptors (Lipinski definition) is 2. The number of rotatable bonds is 5. The van der Waals surface area contributed by atoms with E-state index in [2.05, 4.69) is 6.92 Å². The van der Waals surface area contributed by atoms with Crippen molar-refractivity contribution in [2.75, 3.05) is 13.1 Å². The molecule has 0 heterocycles. The molecule has 3 heteroatoms. The number of aryl methyl sites for hydroxylation is 1. The van der Waals surface area contributed by atoms with Crippen molar-refractivity contribution in [3.8, 4) is 0 Å². The van der Waals surface area contributed by atoms with Gasteiger partial charge in [0, 0.05) is 24.7 Å². The molecular formula is C15H22N2O. The van der Waals surface area contributed by atoms with E-state index in [-0.39, 0.29) is 5.91 Å². The molecule has 1 aromatic carbocycles. The molecule has 0 unspecified atom stereocenters. The van der Waals surface area contributed by atoms with Gasteiger partial charge in [-0.2, -0.15) is 0 Å². The van der Waals surface area contributed by atoms with Crippen LogP contribution in [0, 0.1) is 0 Å². The topological polar surface area (TPSA) is 46.3 Å². The predicted molar refractivity (Wildman–Crippen MR) is 73.5 cm³/mol. The van der Waals surface area contributed by atoms with E-state index in [1.807, 2.05) is 29.2 Å². The number of nitrogens with zero attached hydrogens (tertiary/aromatic N) is 1. The summed E-state index contributed by atoms with van der Waals surface area (Å²) < 4.78 is 0. The molecule has 2 N–H and O–H groups in total. The Labute approximate surface area is 109 Å². The zero-order chi connectivity index (χ0) is 13.0. The van der Waals surface area contributed by atoms with Crippen LogP contribution < -0.4 is 5.73 Å². The zero-order valence-electron chi connectivity index (χ0n) is 11.1. The highest BCUT2D eigenvalue weighted by molar-refractivity contribution is 5.94. The van der Waals surface area contributed by atoms with E-state index >= 15 is 0 Å². The first kappa shape index (κ1) is 13.1. The van der Waals surface area contributed by atoms with E-state index in [0.29, 0.717) is 19.1 Å². The van der Waals surface area contributed by atoms with Gasteiger partial charge in [-0.15, -0.1) is 0 Å². The maximum atomic E-state index is 12.4. The lowest BCUT2D eigenvalue weighted by molar-refractivity contribution is 0.0588. The van der Waals surface area contributed by atoms with Crippen LogP contribution in [0.25, 0.3) is 0 Å². The molecule has 3 nitrogen and oxygen atoms in total. The van der Waals surface area contributed by atoms with Gasteiger partial charge in [0.05, 0.1) is 0 Å². The van der Waals surface area contributed by atoms with E-state index in [1.165, 1.54) is 12.0 Å². The van der Waals surface area contributed by atoms with Crippen LogP contribution in [0.15, 0.2) is 24.3 Å². The molecule has 1 fully saturated rings. The molecule has 1 aliphatic rings.